The van der Waals surface area contributed by atoms with Crippen LogP contribution in [0.1, 0.15) is 31.2 Å². The van der Waals surface area contributed by atoms with Gasteiger partial charge in [-0.15, -0.1) is 0 Å². The quantitative estimate of drug-likeness (QED) is 0.886. The SMILES string of the molecule is CN(C(=O)NC1(CC(=O)O)CCC1)c1ccccc1C#N. The molecule has 0 heterocycles. The number of anilines is 1. The van der Waals surface area contributed by atoms with E-state index in [0.29, 0.717) is 24.1 Å². The number of hydrogen-bond acceptors (Lipinski definition) is 3. The van der Waals surface area contributed by atoms with Crippen molar-refractivity contribution < 1.29 is 14.7 Å². The van der Waals surface area contributed by atoms with Gasteiger partial charge in [-0.3, -0.25) is 9.69 Å². The van der Waals surface area contributed by atoms with Gasteiger partial charge in [0, 0.05) is 7.05 Å². The van der Waals surface area contributed by atoms with Crippen LogP contribution in [0, 0.1) is 11.3 Å². The van der Waals surface area contributed by atoms with Crippen molar-refractivity contribution in [1.29, 1.82) is 5.26 Å². The van der Waals surface area contributed by atoms with Crippen molar-refractivity contribution in [2.75, 3.05) is 11.9 Å². The lowest BCUT2D eigenvalue weighted by Gasteiger charge is -2.42. The number of para-hydroxylation sites is 1. The van der Waals surface area contributed by atoms with Crippen LogP contribution >= 0.6 is 0 Å². The van der Waals surface area contributed by atoms with Gasteiger partial charge in [0.1, 0.15) is 6.07 Å². The zero-order chi connectivity index (χ0) is 15.5. The summed E-state index contributed by atoms with van der Waals surface area (Å²) in [4.78, 5) is 24.6. The van der Waals surface area contributed by atoms with Gasteiger partial charge in [0.15, 0.2) is 0 Å². The lowest BCUT2D eigenvalue weighted by Crippen LogP contribution is -2.57. The molecule has 6 nitrogen and oxygen atoms in total. The van der Waals surface area contributed by atoms with Crippen LogP contribution in [0.15, 0.2) is 24.3 Å². The van der Waals surface area contributed by atoms with E-state index in [2.05, 4.69) is 5.32 Å². The number of amides is 2. The fourth-order valence-corrected chi connectivity index (χ4v) is 2.52. The van der Waals surface area contributed by atoms with Gasteiger partial charge in [0.05, 0.1) is 23.2 Å². The van der Waals surface area contributed by atoms with Crippen LogP contribution in [-0.2, 0) is 4.79 Å². The zero-order valence-corrected chi connectivity index (χ0v) is 11.8. The van der Waals surface area contributed by atoms with E-state index in [-0.39, 0.29) is 6.42 Å². The summed E-state index contributed by atoms with van der Waals surface area (Å²) in [5.41, 5.74) is 0.247. The molecule has 2 rings (SSSR count). The monoisotopic (exact) mass is 287 g/mol. The molecule has 0 aliphatic heterocycles. The van der Waals surface area contributed by atoms with E-state index < -0.39 is 17.5 Å². The minimum absolute atomic E-state index is 0.0769. The van der Waals surface area contributed by atoms with Gasteiger partial charge in [-0.25, -0.2) is 4.79 Å². The number of hydrogen-bond donors (Lipinski definition) is 2. The molecule has 1 aromatic rings. The number of nitriles is 1. The Kier molecular flexibility index (Phi) is 4.13. The smallest absolute Gasteiger partial charge is 0.322 e. The molecule has 2 amide bonds. The second kappa shape index (κ2) is 5.83. The van der Waals surface area contributed by atoms with Gasteiger partial charge in [-0.05, 0) is 31.4 Å². The molecule has 0 spiro atoms. The van der Waals surface area contributed by atoms with Crippen molar-refractivity contribution >= 4 is 17.7 Å². The molecule has 110 valence electrons. The maximum atomic E-state index is 12.3. The van der Waals surface area contributed by atoms with Crippen LogP contribution in [0.5, 0.6) is 0 Å². The fraction of sp³-hybridized carbons (Fsp3) is 0.400. The van der Waals surface area contributed by atoms with Crippen LogP contribution in [0.4, 0.5) is 10.5 Å². The molecule has 6 heteroatoms. The lowest BCUT2D eigenvalue weighted by molar-refractivity contribution is -0.139. The summed E-state index contributed by atoms with van der Waals surface area (Å²) in [6, 6.07) is 8.44. The summed E-state index contributed by atoms with van der Waals surface area (Å²) in [5.74, 6) is -0.921. The second-order valence-electron chi connectivity index (χ2n) is 5.32. The highest BCUT2D eigenvalue weighted by atomic mass is 16.4. The van der Waals surface area contributed by atoms with Crippen molar-refractivity contribution in [3.05, 3.63) is 29.8 Å². The lowest BCUT2D eigenvalue weighted by atomic mass is 9.74. The molecule has 0 bridgehead atoms. The van der Waals surface area contributed by atoms with E-state index >= 15 is 0 Å². The maximum Gasteiger partial charge on any atom is 0.322 e. The molecular formula is C15H17N3O3. The van der Waals surface area contributed by atoms with Crippen LogP contribution < -0.4 is 10.2 Å². The van der Waals surface area contributed by atoms with Crippen LogP contribution in [0.25, 0.3) is 0 Å². The first-order valence-corrected chi connectivity index (χ1v) is 6.74. The maximum absolute atomic E-state index is 12.3. The first kappa shape index (κ1) is 14.9. The first-order valence-electron chi connectivity index (χ1n) is 6.74. The average molecular weight is 287 g/mol. The number of aliphatic carboxylic acids is 1. The van der Waals surface area contributed by atoms with E-state index in [1.807, 2.05) is 6.07 Å². The van der Waals surface area contributed by atoms with E-state index in [0.717, 1.165) is 6.42 Å². The van der Waals surface area contributed by atoms with Gasteiger partial charge in [-0.1, -0.05) is 12.1 Å². The largest absolute Gasteiger partial charge is 0.481 e. The third-order valence-corrected chi connectivity index (χ3v) is 3.86. The Labute approximate surface area is 123 Å². The van der Waals surface area contributed by atoms with Crippen LogP contribution in [-0.4, -0.2) is 29.7 Å². The Balaban J connectivity index is 2.13. The van der Waals surface area contributed by atoms with Gasteiger partial charge in [0.25, 0.3) is 0 Å². The summed E-state index contributed by atoms with van der Waals surface area (Å²) in [6.07, 6.45) is 2.16. The van der Waals surface area contributed by atoms with Crippen molar-refractivity contribution in [3.8, 4) is 6.07 Å². The van der Waals surface area contributed by atoms with E-state index in [1.54, 1.807) is 31.3 Å². The van der Waals surface area contributed by atoms with Crippen molar-refractivity contribution in [3.63, 3.8) is 0 Å². The average Bonchev–Trinajstić information content (AvgIpc) is 2.43. The summed E-state index contributed by atoms with van der Waals surface area (Å²) < 4.78 is 0. The Morgan fingerprint density at radius 1 is 1.43 bits per heavy atom. The second-order valence-corrected chi connectivity index (χ2v) is 5.32. The molecule has 1 saturated carbocycles. The molecule has 1 aromatic carbocycles. The molecule has 0 unspecified atom stereocenters. The summed E-state index contributed by atoms with van der Waals surface area (Å²) >= 11 is 0. The third-order valence-electron chi connectivity index (χ3n) is 3.86. The third kappa shape index (κ3) is 3.14. The van der Waals surface area contributed by atoms with Gasteiger partial charge < -0.3 is 10.4 Å². The van der Waals surface area contributed by atoms with E-state index in [4.69, 9.17) is 10.4 Å². The summed E-state index contributed by atoms with van der Waals surface area (Å²) in [7, 11) is 1.57. The molecule has 1 aliphatic rings. The molecule has 0 saturated heterocycles. The molecule has 1 fully saturated rings. The van der Waals surface area contributed by atoms with Crippen molar-refractivity contribution in [2.45, 2.75) is 31.2 Å². The van der Waals surface area contributed by atoms with Crippen LogP contribution in [0.3, 0.4) is 0 Å². The number of nitrogens with one attached hydrogen (secondary N) is 1. The normalized spacial score (nSPS) is 15.4. The minimum atomic E-state index is -0.921. The predicted molar refractivity (Wildman–Crippen MR) is 76.9 cm³/mol. The molecule has 21 heavy (non-hydrogen) atoms. The highest BCUT2D eigenvalue weighted by Gasteiger charge is 2.41. The number of carboxylic acid groups (broad SMARTS) is 1. The zero-order valence-electron chi connectivity index (χ0n) is 11.8. The molecule has 0 atom stereocenters. The van der Waals surface area contributed by atoms with Crippen molar-refractivity contribution in [1.82, 2.24) is 5.32 Å². The minimum Gasteiger partial charge on any atom is -0.481 e. The number of urea groups is 1. The van der Waals surface area contributed by atoms with Crippen molar-refractivity contribution in [2.24, 2.45) is 0 Å². The van der Waals surface area contributed by atoms with E-state index in [9.17, 15) is 9.59 Å². The summed E-state index contributed by atoms with van der Waals surface area (Å²) in [6.45, 7) is 0. The first-order chi connectivity index (χ1) is 9.97. The Hall–Kier alpha value is -2.55. The Morgan fingerprint density at radius 3 is 2.62 bits per heavy atom. The topological polar surface area (TPSA) is 93.4 Å². The van der Waals surface area contributed by atoms with Gasteiger partial charge >= 0.3 is 12.0 Å². The fourth-order valence-electron chi connectivity index (χ4n) is 2.52. The van der Waals surface area contributed by atoms with Gasteiger partial charge in [-0.2, -0.15) is 5.26 Å². The number of carboxylic acids is 1. The molecule has 2 N–H and O–H groups in total. The van der Waals surface area contributed by atoms with Crippen LogP contribution in [0.2, 0.25) is 0 Å². The number of carbonyl (C=O) groups is 2. The summed E-state index contributed by atoms with van der Waals surface area (Å²) in [5, 5.41) is 20.8. The predicted octanol–water partition coefficient (Wildman–Crippen LogP) is 2.10. The standard InChI is InChI=1S/C15H17N3O3/c1-18(12-6-3-2-5-11(12)10-16)14(21)17-15(7-4-8-15)9-13(19)20/h2-3,5-6H,4,7-9H2,1H3,(H,17,21)(H,19,20). The molecular weight excluding hydrogens is 270 g/mol. The van der Waals surface area contributed by atoms with Gasteiger partial charge in [0.2, 0.25) is 0 Å². The molecule has 0 aromatic heterocycles. The van der Waals surface area contributed by atoms with E-state index in [1.165, 1.54) is 4.90 Å². The molecule has 1 aliphatic carbocycles. The number of nitrogens with zero attached hydrogens (tertiary/aromatic N) is 2. The number of carbonyl (C=O) groups excluding carboxylic acids is 1. The molecule has 0 radical (unpaired) electrons. The highest BCUT2D eigenvalue weighted by molar-refractivity contribution is 5.93. The Morgan fingerprint density at radius 2 is 2.10 bits per heavy atom. The highest BCUT2D eigenvalue weighted by Crippen LogP contribution is 2.35. The number of benzene rings is 1. The Bertz CT molecular complexity index is 602. The number of rotatable bonds is 4.